The molecule has 0 saturated heterocycles. The van der Waals surface area contributed by atoms with Crippen molar-refractivity contribution in [2.45, 2.75) is 26.8 Å². The van der Waals surface area contributed by atoms with Gasteiger partial charge in [-0.1, -0.05) is 32.9 Å². The maximum absolute atomic E-state index is 13.3. The van der Waals surface area contributed by atoms with Crippen LogP contribution in [0.5, 0.6) is 5.75 Å². The Labute approximate surface area is 164 Å². The fourth-order valence-corrected chi connectivity index (χ4v) is 2.84. The highest BCUT2D eigenvalue weighted by molar-refractivity contribution is 5.98. The Hall–Kier alpha value is -3.09. The van der Waals surface area contributed by atoms with Gasteiger partial charge in [0, 0.05) is 12.6 Å². The van der Waals surface area contributed by atoms with E-state index in [9.17, 15) is 14.0 Å². The molecule has 3 N–H and O–H groups in total. The van der Waals surface area contributed by atoms with Gasteiger partial charge in [0.05, 0.1) is 18.8 Å². The van der Waals surface area contributed by atoms with E-state index in [-0.39, 0.29) is 23.2 Å². The average molecular weight is 387 g/mol. The average Bonchev–Trinajstić information content (AvgIpc) is 2.65. The molecule has 0 aliphatic heterocycles. The summed E-state index contributed by atoms with van der Waals surface area (Å²) in [6.07, 6.45) is 0. The lowest BCUT2D eigenvalue weighted by Gasteiger charge is -2.32. The molecule has 0 bridgehead atoms. The number of benzene rings is 2. The standard InChI is InChI=1S/C21H26FN3O3/c1-21(2,3)18(13-6-9-15(22)10-7-13)25-20(27)24-16-12-14(19(26)23-4)8-11-17(16)28-5/h6-12,18H,1-5H3,(H,23,26)(H2,24,25,27). The summed E-state index contributed by atoms with van der Waals surface area (Å²) in [5, 5.41) is 8.20. The number of nitrogens with one attached hydrogen (secondary N) is 3. The SMILES string of the molecule is CNC(=O)c1ccc(OC)c(NC(=O)NC(c2ccc(F)cc2)C(C)(C)C)c1. The normalized spacial score (nSPS) is 12.1. The molecule has 2 rings (SSSR count). The molecule has 7 heteroatoms. The molecule has 1 atom stereocenters. The molecular formula is C21H26FN3O3. The number of anilines is 1. The van der Waals surface area contributed by atoms with Crippen LogP contribution in [0.3, 0.4) is 0 Å². The second-order valence-electron chi connectivity index (χ2n) is 7.44. The van der Waals surface area contributed by atoms with Gasteiger partial charge in [-0.2, -0.15) is 0 Å². The number of urea groups is 1. The zero-order valence-corrected chi connectivity index (χ0v) is 16.7. The summed E-state index contributed by atoms with van der Waals surface area (Å²) in [6.45, 7) is 5.94. The van der Waals surface area contributed by atoms with E-state index in [1.165, 1.54) is 26.3 Å². The van der Waals surface area contributed by atoms with Gasteiger partial charge in [-0.15, -0.1) is 0 Å². The van der Waals surface area contributed by atoms with E-state index in [4.69, 9.17) is 4.74 Å². The molecule has 6 nitrogen and oxygen atoms in total. The van der Waals surface area contributed by atoms with Gasteiger partial charge in [0.1, 0.15) is 11.6 Å². The minimum atomic E-state index is -0.461. The van der Waals surface area contributed by atoms with Crippen LogP contribution in [0.15, 0.2) is 42.5 Å². The summed E-state index contributed by atoms with van der Waals surface area (Å²) in [6, 6.07) is 9.97. The molecule has 0 aliphatic rings. The molecule has 2 aromatic carbocycles. The fourth-order valence-electron chi connectivity index (χ4n) is 2.84. The maximum atomic E-state index is 13.3. The number of ether oxygens (including phenoxy) is 1. The third-order valence-corrected chi connectivity index (χ3v) is 4.28. The van der Waals surface area contributed by atoms with Crippen molar-refractivity contribution < 1.29 is 18.7 Å². The van der Waals surface area contributed by atoms with Crippen LogP contribution in [0, 0.1) is 11.2 Å². The van der Waals surface area contributed by atoms with Crippen LogP contribution >= 0.6 is 0 Å². The Morgan fingerprint density at radius 2 is 1.71 bits per heavy atom. The number of halogens is 1. The second-order valence-corrected chi connectivity index (χ2v) is 7.44. The Morgan fingerprint density at radius 1 is 1.07 bits per heavy atom. The number of hydrogen-bond acceptors (Lipinski definition) is 3. The van der Waals surface area contributed by atoms with E-state index < -0.39 is 6.03 Å². The van der Waals surface area contributed by atoms with E-state index >= 15 is 0 Å². The predicted molar refractivity (Wildman–Crippen MR) is 107 cm³/mol. The van der Waals surface area contributed by atoms with Gasteiger partial charge in [-0.25, -0.2) is 9.18 Å². The van der Waals surface area contributed by atoms with Crippen LogP contribution in [-0.2, 0) is 0 Å². The van der Waals surface area contributed by atoms with Crippen LogP contribution in [0.4, 0.5) is 14.9 Å². The van der Waals surface area contributed by atoms with Gasteiger partial charge in [0.15, 0.2) is 0 Å². The fraction of sp³-hybridized carbons (Fsp3) is 0.333. The van der Waals surface area contributed by atoms with E-state index in [1.54, 1.807) is 30.3 Å². The molecule has 0 aromatic heterocycles. The highest BCUT2D eigenvalue weighted by Crippen LogP contribution is 2.33. The lowest BCUT2D eigenvalue weighted by Crippen LogP contribution is -2.39. The number of hydrogen-bond donors (Lipinski definition) is 3. The molecular weight excluding hydrogens is 361 g/mol. The third kappa shape index (κ3) is 5.22. The summed E-state index contributed by atoms with van der Waals surface area (Å²) in [5.41, 5.74) is 1.23. The Balaban J connectivity index is 2.25. The van der Waals surface area contributed by atoms with Crippen molar-refractivity contribution in [3.05, 3.63) is 59.4 Å². The first-order valence-corrected chi connectivity index (χ1v) is 8.89. The van der Waals surface area contributed by atoms with Crippen LogP contribution in [0.25, 0.3) is 0 Å². The summed E-state index contributed by atoms with van der Waals surface area (Å²) in [4.78, 5) is 24.5. The maximum Gasteiger partial charge on any atom is 0.319 e. The molecule has 150 valence electrons. The van der Waals surface area contributed by atoms with Crippen LogP contribution in [0.2, 0.25) is 0 Å². The number of carbonyl (C=O) groups excluding carboxylic acids is 2. The summed E-state index contributed by atoms with van der Waals surface area (Å²) < 4.78 is 18.5. The third-order valence-electron chi connectivity index (χ3n) is 4.28. The highest BCUT2D eigenvalue weighted by Gasteiger charge is 2.28. The lowest BCUT2D eigenvalue weighted by molar-refractivity contribution is 0.0963. The van der Waals surface area contributed by atoms with Gasteiger partial charge in [0.25, 0.3) is 5.91 Å². The van der Waals surface area contributed by atoms with E-state index in [0.717, 1.165) is 5.56 Å². The topological polar surface area (TPSA) is 79.5 Å². The molecule has 0 aliphatic carbocycles. The molecule has 0 saturated carbocycles. The Bertz CT molecular complexity index is 845. The number of methoxy groups -OCH3 is 1. The van der Waals surface area contributed by atoms with Crippen molar-refractivity contribution in [2.75, 3.05) is 19.5 Å². The first kappa shape index (κ1) is 21.2. The van der Waals surface area contributed by atoms with Crippen LogP contribution in [-0.4, -0.2) is 26.1 Å². The van der Waals surface area contributed by atoms with Crippen molar-refractivity contribution in [3.63, 3.8) is 0 Å². The van der Waals surface area contributed by atoms with E-state index in [1.807, 2.05) is 20.8 Å². The van der Waals surface area contributed by atoms with Crippen LogP contribution < -0.4 is 20.7 Å². The molecule has 3 amide bonds. The molecule has 0 fully saturated rings. The monoisotopic (exact) mass is 387 g/mol. The zero-order valence-electron chi connectivity index (χ0n) is 16.7. The number of carbonyl (C=O) groups is 2. The summed E-state index contributed by atoms with van der Waals surface area (Å²) in [5.74, 6) is -0.182. The van der Waals surface area contributed by atoms with Crippen molar-refractivity contribution in [1.29, 1.82) is 0 Å². The molecule has 0 spiro atoms. The molecule has 1 unspecified atom stereocenters. The Kier molecular flexibility index (Phi) is 6.62. The molecule has 0 heterocycles. The van der Waals surface area contributed by atoms with Gasteiger partial charge < -0.3 is 20.7 Å². The first-order valence-electron chi connectivity index (χ1n) is 8.89. The molecule has 2 aromatic rings. The highest BCUT2D eigenvalue weighted by atomic mass is 19.1. The zero-order chi connectivity index (χ0) is 20.9. The minimum Gasteiger partial charge on any atom is -0.495 e. The van der Waals surface area contributed by atoms with Gasteiger partial charge in [-0.3, -0.25) is 4.79 Å². The van der Waals surface area contributed by atoms with Crippen molar-refractivity contribution >= 4 is 17.6 Å². The molecule has 0 radical (unpaired) electrons. The Morgan fingerprint density at radius 3 is 2.25 bits per heavy atom. The van der Waals surface area contributed by atoms with Gasteiger partial charge in [-0.05, 0) is 41.3 Å². The van der Waals surface area contributed by atoms with E-state index in [0.29, 0.717) is 17.0 Å². The molecule has 28 heavy (non-hydrogen) atoms. The quantitative estimate of drug-likeness (QED) is 0.723. The van der Waals surface area contributed by atoms with Crippen LogP contribution in [0.1, 0.15) is 42.7 Å². The van der Waals surface area contributed by atoms with Crippen molar-refractivity contribution in [2.24, 2.45) is 5.41 Å². The first-order chi connectivity index (χ1) is 13.2. The van der Waals surface area contributed by atoms with E-state index in [2.05, 4.69) is 16.0 Å². The minimum absolute atomic E-state index is 0.273. The van der Waals surface area contributed by atoms with Crippen molar-refractivity contribution in [1.82, 2.24) is 10.6 Å². The summed E-state index contributed by atoms with van der Waals surface area (Å²) in [7, 11) is 3.01. The van der Waals surface area contributed by atoms with Gasteiger partial charge >= 0.3 is 6.03 Å². The smallest absolute Gasteiger partial charge is 0.319 e. The lowest BCUT2D eigenvalue weighted by atomic mass is 9.82. The number of rotatable bonds is 5. The largest absolute Gasteiger partial charge is 0.495 e. The summed E-state index contributed by atoms with van der Waals surface area (Å²) >= 11 is 0. The second kappa shape index (κ2) is 8.73. The predicted octanol–water partition coefficient (Wildman–Crippen LogP) is 4.10. The van der Waals surface area contributed by atoms with Gasteiger partial charge in [0.2, 0.25) is 0 Å². The number of amides is 3. The van der Waals surface area contributed by atoms with Crippen molar-refractivity contribution in [3.8, 4) is 5.75 Å².